The first-order chi connectivity index (χ1) is 11.0. The maximum absolute atomic E-state index is 12.0. The van der Waals surface area contributed by atoms with E-state index in [2.05, 4.69) is 26.0 Å². The van der Waals surface area contributed by atoms with Crippen LogP contribution < -0.4 is 0 Å². The molecule has 136 valence electrons. The molecule has 0 N–H and O–H groups in total. The number of benzene rings is 1. The average molecular weight is 353 g/mol. The van der Waals surface area contributed by atoms with Gasteiger partial charge in [0.15, 0.2) is 9.84 Å². The second-order valence-corrected chi connectivity index (χ2v) is 10.7. The van der Waals surface area contributed by atoms with Gasteiger partial charge in [-0.25, -0.2) is 8.42 Å². The number of hydrogen-bond acceptors (Lipinski definition) is 3. The molecule has 1 rings (SSSR count). The van der Waals surface area contributed by atoms with Crippen molar-refractivity contribution in [3.05, 3.63) is 35.4 Å². The van der Waals surface area contributed by atoms with Gasteiger partial charge in [-0.3, -0.25) is 4.79 Å². The fourth-order valence-corrected chi connectivity index (χ4v) is 3.63. The second kappa shape index (κ2) is 8.80. The zero-order chi connectivity index (χ0) is 18.4. The number of hydrogen-bond donors (Lipinski definition) is 0. The highest BCUT2D eigenvalue weighted by atomic mass is 32.2. The minimum absolute atomic E-state index is 0.210. The molecule has 0 atom stereocenters. The monoisotopic (exact) mass is 352 g/mol. The van der Waals surface area contributed by atoms with Crippen molar-refractivity contribution < 1.29 is 13.2 Å². The molecule has 0 heterocycles. The Hall–Kier alpha value is -1.16. The van der Waals surface area contributed by atoms with Crippen LogP contribution in [0.4, 0.5) is 0 Å². The third-order valence-electron chi connectivity index (χ3n) is 4.35. The number of carbonyl (C=O) groups excluding carboxylic acids is 1. The lowest BCUT2D eigenvalue weighted by molar-refractivity contribution is -0.118. The van der Waals surface area contributed by atoms with E-state index in [0.29, 0.717) is 25.2 Å². The average Bonchev–Trinajstić information content (AvgIpc) is 2.46. The van der Waals surface area contributed by atoms with E-state index in [1.807, 2.05) is 12.1 Å². The number of sulfone groups is 1. The van der Waals surface area contributed by atoms with Crippen LogP contribution in [0.15, 0.2) is 24.3 Å². The first-order valence-electron chi connectivity index (χ1n) is 8.86. The van der Waals surface area contributed by atoms with Crippen LogP contribution in [0, 0.1) is 0 Å². The van der Waals surface area contributed by atoms with Crippen LogP contribution in [-0.2, 0) is 21.1 Å². The first-order valence-corrected chi connectivity index (χ1v) is 10.5. The number of Topliss-reactive ketones (excluding diaryl/α,β-unsaturated/α-hetero) is 1. The molecule has 0 spiro atoms. The minimum Gasteiger partial charge on any atom is -0.299 e. The molecule has 0 amide bonds. The van der Waals surface area contributed by atoms with Crippen molar-refractivity contribution in [2.24, 2.45) is 0 Å². The van der Waals surface area contributed by atoms with E-state index in [4.69, 9.17) is 0 Å². The lowest BCUT2D eigenvalue weighted by Gasteiger charge is -2.18. The summed E-state index contributed by atoms with van der Waals surface area (Å²) in [4.78, 5) is 12.0. The normalized spacial score (nSPS) is 12.6. The molecule has 1 aromatic rings. The summed E-state index contributed by atoms with van der Waals surface area (Å²) in [6.45, 7) is 9.50. The zero-order valence-corrected chi connectivity index (χ0v) is 16.6. The molecule has 3 nitrogen and oxygen atoms in total. The lowest BCUT2D eigenvalue weighted by Crippen LogP contribution is -2.30. The van der Waals surface area contributed by atoms with Gasteiger partial charge in [-0.2, -0.15) is 0 Å². The van der Waals surface area contributed by atoms with E-state index >= 15 is 0 Å². The fraction of sp³-hybridized carbons (Fsp3) is 0.650. The summed E-state index contributed by atoms with van der Waals surface area (Å²) in [5.41, 5.74) is 2.34. The summed E-state index contributed by atoms with van der Waals surface area (Å²) >= 11 is 0. The molecular formula is C20H32O3S. The van der Waals surface area contributed by atoms with Crippen molar-refractivity contribution in [2.75, 3.05) is 5.75 Å². The van der Waals surface area contributed by atoms with E-state index in [0.717, 1.165) is 18.4 Å². The van der Waals surface area contributed by atoms with Gasteiger partial charge in [0.05, 0.1) is 10.5 Å². The molecule has 0 aromatic heterocycles. The molecule has 0 saturated heterocycles. The SMILES string of the molecule is CC(C)c1ccc(CC(=O)CCCCCS(=O)(=O)C(C)(C)C)cc1. The van der Waals surface area contributed by atoms with Crippen molar-refractivity contribution in [1.29, 1.82) is 0 Å². The van der Waals surface area contributed by atoms with Gasteiger partial charge in [0.25, 0.3) is 0 Å². The molecule has 0 bridgehead atoms. The van der Waals surface area contributed by atoms with E-state index in [1.54, 1.807) is 20.8 Å². The standard InChI is InChI=1S/C20H32O3S/c1-16(2)18-12-10-17(11-13-18)15-19(21)9-7-6-8-14-24(22,23)20(3,4)5/h10-13,16H,6-9,14-15H2,1-5H3. The Morgan fingerprint density at radius 2 is 1.58 bits per heavy atom. The van der Waals surface area contributed by atoms with Gasteiger partial charge >= 0.3 is 0 Å². The number of carbonyl (C=O) groups is 1. The van der Waals surface area contributed by atoms with Gasteiger partial charge in [-0.05, 0) is 50.7 Å². The van der Waals surface area contributed by atoms with Crippen LogP contribution in [0.2, 0.25) is 0 Å². The van der Waals surface area contributed by atoms with Crippen LogP contribution in [0.25, 0.3) is 0 Å². The summed E-state index contributed by atoms with van der Waals surface area (Å²) in [6.07, 6.45) is 3.19. The summed E-state index contributed by atoms with van der Waals surface area (Å²) in [5, 5.41) is 0. The second-order valence-electron chi connectivity index (χ2n) is 7.85. The van der Waals surface area contributed by atoms with E-state index in [9.17, 15) is 13.2 Å². The van der Waals surface area contributed by atoms with Crippen molar-refractivity contribution >= 4 is 15.6 Å². The molecular weight excluding hydrogens is 320 g/mol. The molecule has 0 unspecified atom stereocenters. The van der Waals surface area contributed by atoms with Crippen molar-refractivity contribution in [3.8, 4) is 0 Å². The van der Waals surface area contributed by atoms with Gasteiger partial charge in [0.2, 0.25) is 0 Å². The van der Waals surface area contributed by atoms with E-state index in [1.165, 1.54) is 5.56 Å². The summed E-state index contributed by atoms with van der Waals surface area (Å²) in [6, 6.07) is 8.24. The van der Waals surface area contributed by atoms with Crippen molar-refractivity contribution in [3.63, 3.8) is 0 Å². The van der Waals surface area contributed by atoms with Gasteiger partial charge in [0.1, 0.15) is 5.78 Å². The Morgan fingerprint density at radius 1 is 1.00 bits per heavy atom. The molecule has 0 radical (unpaired) electrons. The third kappa shape index (κ3) is 6.76. The molecule has 24 heavy (non-hydrogen) atoms. The maximum atomic E-state index is 12.0. The molecule has 0 saturated carbocycles. The fourth-order valence-electron chi connectivity index (χ4n) is 2.43. The number of ketones is 1. The Kier molecular flexibility index (Phi) is 7.65. The molecule has 4 heteroatoms. The van der Waals surface area contributed by atoms with Crippen molar-refractivity contribution in [1.82, 2.24) is 0 Å². The summed E-state index contributed by atoms with van der Waals surface area (Å²) in [5.74, 6) is 0.937. The van der Waals surface area contributed by atoms with Gasteiger partial charge in [-0.1, -0.05) is 44.5 Å². The molecule has 0 aliphatic rings. The van der Waals surface area contributed by atoms with Gasteiger partial charge in [-0.15, -0.1) is 0 Å². The largest absolute Gasteiger partial charge is 0.299 e. The van der Waals surface area contributed by atoms with E-state index < -0.39 is 14.6 Å². The van der Waals surface area contributed by atoms with Gasteiger partial charge in [0, 0.05) is 12.8 Å². The van der Waals surface area contributed by atoms with E-state index in [-0.39, 0.29) is 11.5 Å². The predicted molar refractivity (Wildman–Crippen MR) is 101 cm³/mol. The highest BCUT2D eigenvalue weighted by molar-refractivity contribution is 7.92. The topological polar surface area (TPSA) is 51.2 Å². The van der Waals surface area contributed by atoms with Crippen LogP contribution in [0.1, 0.15) is 77.3 Å². The third-order valence-corrected chi connectivity index (χ3v) is 7.04. The molecule has 0 aliphatic heterocycles. The highest BCUT2D eigenvalue weighted by Gasteiger charge is 2.27. The Balaban J connectivity index is 2.30. The van der Waals surface area contributed by atoms with Gasteiger partial charge < -0.3 is 0 Å². The van der Waals surface area contributed by atoms with Crippen LogP contribution in [0.5, 0.6) is 0 Å². The predicted octanol–water partition coefficient (Wildman–Crippen LogP) is 4.70. The molecule has 0 aliphatic carbocycles. The molecule has 1 aromatic carbocycles. The van der Waals surface area contributed by atoms with Crippen LogP contribution in [0.3, 0.4) is 0 Å². The Bertz CT molecular complexity index is 620. The lowest BCUT2D eigenvalue weighted by atomic mass is 9.99. The maximum Gasteiger partial charge on any atom is 0.155 e. The Labute approximate surface area is 147 Å². The minimum atomic E-state index is -3.04. The van der Waals surface area contributed by atoms with Crippen LogP contribution in [-0.4, -0.2) is 24.7 Å². The quantitative estimate of drug-likeness (QED) is 0.606. The first kappa shape index (κ1) is 20.9. The summed E-state index contributed by atoms with van der Waals surface area (Å²) in [7, 11) is -3.04. The number of unbranched alkanes of at least 4 members (excludes halogenated alkanes) is 2. The highest BCUT2D eigenvalue weighted by Crippen LogP contribution is 2.18. The summed E-state index contributed by atoms with van der Waals surface area (Å²) < 4.78 is 23.3. The smallest absolute Gasteiger partial charge is 0.155 e. The van der Waals surface area contributed by atoms with Crippen molar-refractivity contribution in [2.45, 2.75) is 77.4 Å². The number of rotatable bonds is 9. The zero-order valence-electron chi connectivity index (χ0n) is 15.8. The van der Waals surface area contributed by atoms with Crippen LogP contribution >= 0.6 is 0 Å². The molecule has 0 fully saturated rings. The Morgan fingerprint density at radius 3 is 2.08 bits per heavy atom.